The van der Waals surface area contributed by atoms with E-state index in [2.05, 4.69) is 169 Å². The number of nitrogens with zero attached hydrogens (tertiary/aromatic N) is 2. The minimum absolute atomic E-state index is 0.0801. The molecule has 4 atom stereocenters. The second-order valence-corrected chi connectivity index (χ2v) is 16.6. The van der Waals surface area contributed by atoms with Crippen LogP contribution in [-0.4, -0.2) is 16.7 Å². The number of aromatic nitrogens is 1. The Balaban J connectivity index is 0.961. The lowest BCUT2D eigenvalue weighted by molar-refractivity contribution is 0.394. The normalized spacial score (nSPS) is 25.1. The molecule has 0 N–H and O–H groups in total. The lowest BCUT2D eigenvalue weighted by Gasteiger charge is -2.39. The number of para-hydroxylation sites is 2. The van der Waals surface area contributed by atoms with E-state index in [1.165, 1.54) is 91.4 Å². The van der Waals surface area contributed by atoms with Gasteiger partial charge < -0.3 is 9.47 Å². The largest absolute Gasteiger partial charge is 0.360 e. The molecule has 2 heterocycles. The first-order chi connectivity index (χ1) is 26.0. The molecule has 5 aromatic rings. The van der Waals surface area contributed by atoms with Crippen LogP contribution >= 0.6 is 0 Å². The van der Waals surface area contributed by atoms with Gasteiger partial charge in [0.15, 0.2) is 0 Å². The Kier molecular flexibility index (Phi) is 6.97. The molecule has 11 rings (SSSR count). The first kappa shape index (κ1) is 31.2. The molecule has 0 spiro atoms. The third kappa shape index (κ3) is 4.70. The molecule has 2 heteroatoms. The van der Waals surface area contributed by atoms with Crippen molar-refractivity contribution in [3.05, 3.63) is 179 Å². The molecular formula is C51H46N2. The molecule has 0 fully saturated rings. The zero-order chi connectivity index (χ0) is 35.3. The number of hydrogen-bond donors (Lipinski definition) is 0. The summed E-state index contributed by atoms with van der Waals surface area (Å²) < 4.78 is 2.50. The second-order valence-electron chi connectivity index (χ2n) is 16.6. The smallest absolute Gasteiger partial charge is 0.0587 e. The van der Waals surface area contributed by atoms with Crippen LogP contribution in [0.1, 0.15) is 80.5 Å². The first-order valence-corrected chi connectivity index (χ1v) is 19.9. The molecule has 5 aliphatic carbocycles. The number of anilines is 1. The van der Waals surface area contributed by atoms with Gasteiger partial charge in [0.25, 0.3) is 0 Å². The summed E-state index contributed by atoms with van der Waals surface area (Å²) in [6.45, 7) is 4.86. The second kappa shape index (κ2) is 11.8. The summed E-state index contributed by atoms with van der Waals surface area (Å²) >= 11 is 0. The van der Waals surface area contributed by atoms with Crippen LogP contribution in [0, 0.1) is 5.92 Å². The topological polar surface area (TPSA) is 8.17 Å². The molecule has 4 aromatic carbocycles. The van der Waals surface area contributed by atoms with Crippen LogP contribution in [0.15, 0.2) is 157 Å². The highest BCUT2D eigenvalue weighted by Gasteiger charge is 2.44. The molecule has 260 valence electrons. The van der Waals surface area contributed by atoms with Gasteiger partial charge in [0.05, 0.1) is 17.1 Å². The third-order valence-electron chi connectivity index (χ3n) is 13.5. The minimum atomic E-state index is 0.0801. The molecule has 6 aliphatic rings. The molecular weight excluding hydrogens is 641 g/mol. The summed E-state index contributed by atoms with van der Waals surface area (Å²) in [5, 5.41) is 2.63. The average molecular weight is 687 g/mol. The van der Waals surface area contributed by atoms with Gasteiger partial charge >= 0.3 is 0 Å². The maximum Gasteiger partial charge on any atom is 0.0587 e. The molecule has 2 nitrogen and oxygen atoms in total. The van der Waals surface area contributed by atoms with E-state index in [9.17, 15) is 0 Å². The van der Waals surface area contributed by atoms with Gasteiger partial charge in [-0.2, -0.15) is 0 Å². The summed E-state index contributed by atoms with van der Waals surface area (Å²) in [7, 11) is 0. The van der Waals surface area contributed by atoms with Crippen molar-refractivity contribution in [2.75, 3.05) is 4.90 Å². The van der Waals surface area contributed by atoms with Gasteiger partial charge in [0.2, 0.25) is 0 Å². The Labute approximate surface area is 313 Å². The number of rotatable bonds is 4. The maximum absolute atomic E-state index is 2.80. The quantitative estimate of drug-likeness (QED) is 0.183. The summed E-state index contributed by atoms with van der Waals surface area (Å²) in [5.41, 5.74) is 16.8. The predicted molar refractivity (Wildman–Crippen MR) is 224 cm³/mol. The van der Waals surface area contributed by atoms with Crippen LogP contribution in [0.3, 0.4) is 0 Å². The van der Waals surface area contributed by atoms with Crippen molar-refractivity contribution in [1.82, 2.24) is 4.57 Å². The van der Waals surface area contributed by atoms with Crippen molar-refractivity contribution >= 4 is 38.6 Å². The van der Waals surface area contributed by atoms with Crippen molar-refractivity contribution in [3.63, 3.8) is 0 Å². The fourth-order valence-corrected chi connectivity index (χ4v) is 10.9. The fourth-order valence-electron chi connectivity index (χ4n) is 10.9. The Hall–Kier alpha value is -5.34. The Morgan fingerprint density at radius 1 is 0.736 bits per heavy atom. The van der Waals surface area contributed by atoms with Gasteiger partial charge in [-0.3, -0.25) is 0 Å². The van der Waals surface area contributed by atoms with Crippen molar-refractivity contribution in [1.29, 1.82) is 0 Å². The van der Waals surface area contributed by atoms with E-state index in [0.717, 1.165) is 19.3 Å². The maximum atomic E-state index is 2.80. The van der Waals surface area contributed by atoms with Gasteiger partial charge in [-0.1, -0.05) is 117 Å². The minimum Gasteiger partial charge on any atom is -0.360 e. The van der Waals surface area contributed by atoms with Crippen molar-refractivity contribution in [3.8, 4) is 5.69 Å². The van der Waals surface area contributed by atoms with Crippen LogP contribution in [0.5, 0.6) is 0 Å². The number of allylic oxidation sites excluding steroid dienone is 11. The van der Waals surface area contributed by atoms with Gasteiger partial charge in [0, 0.05) is 39.7 Å². The number of fused-ring (bicyclic) bond motifs is 9. The van der Waals surface area contributed by atoms with Gasteiger partial charge in [-0.05, 0) is 131 Å². The standard InChI is InChI=1S/C51H46N2/c1-51(2)45-20-9-6-17-39(45)40-26-25-38(32-46(40)51)53-48-22-11-8-19-42(48)44-31-36(24-28-50(44)53)35-23-27-49-43(30-35)41-18-7-10-21-47(41)52(49)37-16-12-15-34(29-37)33-13-4-3-5-14-33/h4,6-11,13-15,17-26,28,30-32,37,39,45,49H,3,5,12,16,27,29H2,1-2H3. The zero-order valence-electron chi connectivity index (χ0n) is 30.8. The Bertz CT molecular complexity index is 2570. The van der Waals surface area contributed by atoms with Gasteiger partial charge in [-0.25, -0.2) is 0 Å². The lowest BCUT2D eigenvalue weighted by atomic mass is 9.74. The van der Waals surface area contributed by atoms with E-state index in [4.69, 9.17) is 0 Å². The van der Waals surface area contributed by atoms with Crippen molar-refractivity contribution in [2.24, 2.45) is 5.92 Å². The highest BCUT2D eigenvalue weighted by molar-refractivity contribution is 6.10. The summed E-state index contributed by atoms with van der Waals surface area (Å²) in [4.78, 5) is 2.80. The van der Waals surface area contributed by atoms with Crippen LogP contribution in [0.25, 0.3) is 38.6 Å². The highest BCUT2D eigenvalue weighted by atomic mass is 15.2. The molecule has 0 saturated heterocycles. The Morgan fingerprint density at radius 2 is 1.60 bits per heavy atom. The zero-order valence-corrected chi connectivity index (χ0v) is 30.8. The van der Waals surface area contributed by atoms with Gasteiger partial charge in [-0.15, -0.1) is 0 Å². The van der Waals surface area contributed by atoms with Crippen molar-refractivity contribution < 1.29 is 0 Å². The first-order valence-electron chi connectivity index (χ1n) is 19.9. The summed E-state index contributed by atoms with van der Waals surface area (Å²) in [6, 6.07) is 33.5. The van der Waals surface area contributed by atoms with E-state index < -0.39 is 0 Å². The summed E-state index contributed by atoms with van der Waals surface area (Å²) in [5.74, 6) is 0.966. The van der Waals surface area contributed by atoms with Crippen molar-refractivity contribution in [2.45, 2.75) is 75.8 Å². The monoisotopic (exact) mass is 686 g/mol. The predicted octanol–water partition coefficient (Wildman–Crippen LogP) is 12.7. The van der Waals surface area contributed by atoms with E-state index in [1.54, 1.807) is 5.57 Å². The molecule has 1 aliphatic heterocycles. The van der Waals surface area contributed by atoms with Crippen LogP contribution in [0.2, 0.25) is 0 Å². The molecule has 0 radical (unpaired) electrons. The van der Waals surface area contributed by atoms with E-state index in [-0.39, 0.29) is 5.41 Å². The van der Waals surface area contributed by atoms with Crippen LogP contribution < -0.4 is 4.90 Å². The lowest BCUT2D eigenvalue weighted by Crippen LogP contribution is -2.42. The SMILES string of the molecule is CC1(C)c2cc(-n3c4ccccc4c4cc(C5=CCC6C(=C5)c5ccccc5N6C5CCC=C(C6=CCCC=C6)C5)ccc43)ccc2C2C=CC=CC21. The van der Waals surface area contributed by atoms with Crippen LogP contribution in [-0.2, 0) is 5.41 Å². The molecule has 1 aromatic heterocycles. The summed E-state index contributed by atoms with van der Waals surface area (Å²) in [6.07, 6.45) is 30.9. The van der Waals surface area contributed by atoms with Crippen LogP contribution in [0.4, 0.5) is 5.69 Å². The van der Waals surface area contributed by atoms with E-state index in [1.807, 2.05) is 0 Å². The number of hydrogen-bond acceptors (Lipinski definition) is 1. The molecule has 0 saturated carbocycles. The van der Waals surface area contributed by atoms with Gasteiger partial charge in [0.1, 0.15) is 0 Å². The van der Waals surface area contributed by atoms with E-state index >= 15 is 0 Å². The number of benzene rings is 4. The van der Waals surface area contributed by atoms with E-state index in [0.29, 0.717) is 23.9 Å². The Morgan fingerprint density at radius 3 is 2.53 bits per heavy atom. The molecule has 4 unspecified atom stereocenters. The molecule has 53 heavy (non-hydrogen) atoms. The third-order valence-corrected chi connectivity index (χ3v) is 13.5. The highest BCUT2D eigenvalue weighted by Crippen LogP contribution is 2.54. The molecule has 0 amide bonds. The molecule has 0 bridgehead atoms. The average Bonchev–Trinajstić information content (AvgIpc) is 3.81. The fraction of sp³-hybridized carbons (Fsp3) is 0.255.